The third kappa shape index (κ3) is 3.34. The number of sulfonamides is 1. The second-order valence-corrected chi connectivity index (χ2v) is 6.06. The van der Waals surface area contributed by atoms with Gasteiger partial charge in [-0.05, 0) is 31.5 Å². The van der Waals surface area contributed by atoms with E-state index in [0.717, 1.165) is 12.0 Å². The van der Waals surface area contributed by atoms with Gasteiger partial charge in [0.15, 0.2) is 0 Å². The Labute approximate surface area is 117 Å². The average Bonchev–Trinajstić information content (AvgIpc) is 2.88. The Bertz CT molecular complexity index is 681. The van der Waals surface area contributed by atoms with Crippen LogP contribution >= 0.6 is 0 Å². The SMILES string of the molecule is Cc1cnccc1NS(=O)(=O)c1cnn(CCCN)c1. The second-order valence-electron chi connectivity index (χ2n) is 4.38. The molecule has 0 amide bonds. The molecule has 0 spiro atoms. The van der Waals surface area contributed by atoms with Gasteiger partial charge in [0.1, 0.15) is 4.90 Å². The topological polar surface area (TPSA) is 103 Å². The van der Waals surface area contributed by atoms with Crippen molar-refractivity contribution in [2.24, 2.45) is 5.73 Å². The van der Waals surface area contributed by atoms with Crippen molar-refractivity contribution in [2.45, 2.75) is 24.8 Å². The molecule has 0 atom stereocenters. The predicted octanol–water partition coefficient (Wildman–Crippen LogP) is 0.736. The second kappa shape index (κ2) is 6.02. The maximum Gasteiger partial charge on any atom is 0.265 e. The van der Waals surface area contributed by atoms with E-state index in [1.165, 1.54) is 18.6 Å². The summed E-state index contributed by atoms with van der Waals surface area (Å²) in [4.78, 5) is 4.05. The highest BCUT2D eigenvalue weighted by Gasteiger charge is 2.17. The average molecular weight is 295 g/mol. The lowest BCUT2D eigenvalue weighted by Gasteiger charge is -2.08. The van der Waals surface area contributed by atoms with Crippen LogP contribution in [0.25, 0.3) is 0 Å². The molecule has 7 nitrogen and oxygen atoms in total. The Hall–Kier alpha value is -1.93. The summed E-state index contributed by atoms with van der Waals surface area (Å²) < 4.78 is 28.6. The van der Waals surface area contributed by atoms with Crippen LogP contribution in [0.15, 0.2) is 35.7 Å². The number of rotatable bonds is 6. The Morgan fingerprint density at radius 2 is 2.20 bits per heavy atom. The largest absolute Gasteiger partial charge is 0.330 e. The summed E-state index contributed by atoms with van der Waals surface area (Å²) in [5.41, 5.74) is 6.68. The van der Waals surface area contributed by atoms with E-state index in [4.69, 9.17) is 5.73 Å². The molecule has 0 fully saturated rings. The van der Waals surface area contributed by atoms with Gasteiger partial charge in [-0.3, -0.25) is 14.4 Å². The molecule has 2 heterocycles. The number of hydrogen-bond donors (Lipinski definition) is 2. The quantitative estimate of drug-likeness (QED) is 0.818. The fourth-order valence-electron chi connectivity index (χ4n) is 1.65. The molecule has 2 aromatic rings. The van der Waals surface area contributed by atoms with Gasteiger partial charge < -0.3 is 5.73 Å². The predicted molar refractivity (Wildman–Crippen MR) is 75.7 cm³/mol. The van der Waals surface area contributed by atoms with Gasteiger partial charge in [0, 0.05) is 25.1 Å². The van der Waals surface area contributed by atoms with E-state index < -0.39 is 10.0 Å². The van der Waals surface area contributed by atoms with Gasteiger partial charge in [-0.1, -0.05) is 0 Å². The van der Waals surface area contributed by atoms with Crippen molar-refractivity contribution in [1.82, 2.24) is 14.8 Å². The number of nitrogens with zero attached hydrogens (tertiary/aromatic N) is 3. The summed E-state index contributed by atoms with van der Waals surface area (Å²) in [6.07, 6.45) is 6.71. The summed E-state index contributed by atoms with van der Waals surface area (Å²) in [7, 11) is -3.63. The fraction of sp³-hybridized carbons (Fsp3) is 0.333. The zero-order valence-electron chi connectivity index (χ0n) is 11.2. The van der Waals surface area contributed by atoms with Crippen LogP contribution in [0.4, 0.5) is 5.69 Å². The molecule has 2 aromatic heterocycles. The van der Waals surface area contributed by atoms with Gasteiger partial charge in [-0.2, -0.15) is 5.10 Å². The molecular formula is C12H17N5O2S. The first kappa shape index (κ1) is 14.5. The monoisotopic (exact) mass is 295 g/mol. The molecule has 0 unspecified atom stereocenters. The molecular weight excluding hydrogens is 278 g/mol. The van der Waals surface area contributed by atoms with E-state index >= 15 is 0 Å². The first-order valence-corrected chi connectivity index (χ1v) is 7.67. The van der Waals surface area contributed by atoms with Crippen molar-refractivity contribution >= 4 is 15.7 Å². The highest BCUT2D eigenvalue weighted by atomic mass is 32.2. The maximum absolute atomic E-state index is 12.2. The van der Waals surface area contributed by atoms with E-state index in [0.29, 0.717) is 18.8 Å². The van der Waals surface area contributed by atoms with Crippen LogP contribution in [0.5, 0.6) is 0 Å². The molecule has 108 valence electrons. The van der Waals surface area contributed by atoms with Crippen LogP contribution in [0.3, 0.4) is 0 Å². The zero-order valence-corrected chi connectivity index (χ0v) is 12.0. The molecule has 0 aliphatic rings. The number of pyridine rings is 1. The van der Waals surface area contributed by atoms with Crippen molar-refractivity contribution in [1.29, 1.82) is 0 Å². The van der Waals surface area contributed by atoms with Crippen molar-refractivity contribution in [3.8, 4) is 0 Å². The van der Waals surface area contributed by atoms with E-state index in [9.17, 15) is 8.42 Å². The van der Waals surface area contributed by atoms with E-state index in [1.54, 1.807) is 23.9 Å². The highest BCUT2D eigenvalue weighted by Crippen LogP contribution is 2.18. The highest BCUT2D eigenvalue weighted by molar-refractivity contribution is 7.92. The number of nitrogens with two attached hydrogens (primary N) is 1. The minimum absolute atomic E-state index is 0.130. The molecule has 0 aromatic carbocycles. The molecule has 0 bridgehead atoms. The van der Waals surface area contributed by atoms with E-state index in [1.807, 2.05) is 0 Å². The van der Waals surface area contributed by atoms with Crippen LogP contribution in [-0.4, -0.2) is 29.7 Å². The molecule has 8 heteroatoms. The lowest BCUT2D eigenvalue weighted by molar-refractivity contribution is 0.582. The number of hydrogen-bond acceptors (Lipinski definition) is 5. The van der Waals surface area contributed by atoms with Gasteiger partial charge >= 0.3 is 0 Å². The molecule has 0 radical (unpaired) electrons. The van der Waals surface area contributed by atoms with Crippen molar-refractivity contribution < 1.29 is 8.42 Å². The standard InChI is InChI=1S/C12H17N5O2S/c1-10-7-14-5-3-12(10)16-20(18,19)11-8-15-17(9-11)6-2-4-13/h3,5,7-9H,2,4,6,13H2,1H3,(H,14,16). The van der Waals surface area contributed by atoms with Crippen LogP contribution in [-0.2, 0) is 16.6 Å². The summed E-state index contributed by atoms with van der Waals surface area (Å²) >= 11 is 0. The van der Waals surface area contributed by atoms with Gasteiger partial charge in [0.25, 0.3) is 10.0 Å². The number of nitrogens with one attached hydrogen (secondary N) is 1. The summed E-state index contributed by atoms with van der Waals surface area (Å²) in [6.45, 7) is 2.92. The van der Waals surface area contributed by atoms with Crippen LogP contribution in [0, 0.1) is 6.92 Å². The normalized spacial score (nSPS) is 11.5. The molecule has 3 N–H and O–H groups in total. The third-order valence-corrected chi connectivity index (χ3v) is 4.10. The smallest absolute Gasteiger partial charge is 0.265 e. The third-order valence-electron chi connectivity index (χ3n) is 2.78. The molecule has 0 saturated heterocycles. The Morgan fingerprint density at radius 1 is 1.40 bits per heavy atom. The number of aryl methyl sites for hydroxylation is 2. The number of anilines is 1. The first-order valence-electron chi connectivity index (χ1n) is 6.19. The minimum Gasteiger partial charge on any atom is -0.330 e. The minimum atomic E-state index is -3.63. The van der Waals surface area contributed by atoms with E-state index in [2.05, 4.69) is 14.8 Å². The Balaban J connectivity index is 2.18. The van der Waals surface area contributed by atoms with Gasteiger partial charge in [-0.25, -0.2) is 8.42 Å². The lowest BCUT2D eigenvalue weighted by atomic mass is 10.3. The van der Waals surface area contributed by atoms with Crippen LogP contribution in [0.1, 0.15) is 12.0 Å². The van der Waals surface area contributed by atoms with Crippen molar-refractivity contribution in [3.63, 3.8) is 0 Å². The van der Waals surface area contributed by atoms with Gasteiger partial charge in [0.05, 0.1) is 11.9 Å². The van der Waals surface area contributed by atoms with Crippen LogP contribution in [0.2, 0.25) is 0 Å². The number of aromatic nitrogens is 3. The molecule has 0 aliphatic heterocycles. The van der Waals surface area contributed by atoms with Crippen LogP contribution < -0.4 is 10.5 Å². The lowest BCUT2D eigenvalue weighted by Crippen LogP contribution is -2.13. The van der Waals surface area contributed by atoms with Crippen molar-refractivity contribution in [3.05, 3.63) is 36.4 Å². The summed E-state index contributed by atoms with van der Waals surface area (Å²) in [5, 5.41) is 4.01. The molecule has 2 rings (SSSR count). The van der Waals surface area contributed by atoms with Gasteiger partial charge in [0.2, 0.25) is 0 Å². The molecule has 0 aliphatic carbocycles. The maximum atomic E-state index is 12.2. The Kier molecular flexibility index (Phi) is 4.35. The molecule has 20 heavy (non-hydrogen) atoms. The Morgan fingerprint density at radius 3 is 2.90 bits per heavy atom. The summed E-state index contributed by atoms with van der Waals surface area (Å²) in [6, 6.07) is 1.62. The summed E-state index contributed by atoms with van der Waals surface area (Å²) in [5.74, 6) is 0. The fourth-order valence-corrected chi connectivity index (χ4v) is 2.73. The zero-order chi connectivity index (χ0) is 14.6. The van der Waals surface area contributed by atoms with E-state index in [-0.39, 0.29) is 4.90 Å². The first-order chi connectivity index (χ1) is 9.53. The van der Waals surface area contributed by atoms with Crippen molar-refractivity contribution in [2.75, 3.05) is 11.3 Å². The molecule has 0 saturated carbocycles. The van der Waals surface area contributed by atoms with Gasteiger partial charge in [-0.15, -0.1) is 0 Å².